The van der Waals surface area contributed by atoms with Gasteiger partial charge in [-0.2, -0.15) is 0 Å². The Balaban J connectivity index is 2.36. The lowest BCUT2D eigenvalue weighted by Crippen LogP contribution is -2.14. The van der Waals surface area contributed by atoms with Gasteiger partial charge >= 0.3 is 5.69 Å². The van der Waals surface area contributed by atoms with Crippen molar-refractivity contribution in [2.45, 2.75) is 10.2 Å². The lowest BCUT2D eigenvalue weighted by molar-refractivity contribution is 0.100. The number of nitrogens with two attached hydrogens (primary N) is 2. The molecule has 0 saturated heterocycles. The maximum absolute atomic E-state index is 11.2. The Morgan fingerprint density at radius 3 is 2.83 bits per heavy atom. The maximum Gasteiger partial charge on any atom is 0.343 e. The largest absolute Gasteiger partial charge is 0.397 e. The summed E-state index contributed by atoms with van der Waals surface area (Å²) >= 11 is 1.12. The molecule has 94 valence electrons. The summed E-state index contributed by atoms with van der Waals surface area (Å²) in [5, 5.41) is 7.00. The van der Waals surface area contributed by atoms with Crippen molar-refractivity contribution in [1.29, 1.82) is 0 Å². The molecule has 9 heteroatoms. The number of anilines is 1. The van der Waals surface area contributed by atoms with Crippen LogP contribution in [0.3, 0.4) is 0 Å². The van der Waals surface area contributed by atoms with Gasteiger partial charge in [0.25, 0.3) is 5.91 Å². The normalized spacial score (nSPS) is 10.5. The number of hydrogen-bond donors (Lipinski definition) is 3. The zero-order valence-corrected chi connectivity index (χ0v) is 10.2. The van der Waals surface area contributed by atoms with E-state index in [9.17, 15) is 9.59 Å². The molecule has 2 rings (SSSR count). The van der Waals surface area contributed by atoms with E-state index in [1.54, 1.807) is 7.05 Å². The molecule has 5 N–H and O–H groups in total. The molecule has 0 spiro atoms. The van der Waals surface area contributed by atoms with Crippen LogP contribution < -0.4 is 17.2 Å². The molecule has 1 amide bonds. The fourth-order valence-corrected chi connectivity index (χ4v) is 2.01. The topological polar surface area (TPSA) is 133 Å². The van der Waals surface area contributed by atoms with Crippen molar-refractivity contribution in [2.24, 2.45) is 12.8 Å². The summed E-state index contributed by atoms with van der Waals surface area (Å²) in [7, 11) is 1.57. The molecule has 2 aromatic rings. The summed E-state index contributed by atoms with van der Waals surface area (Å²) in [6.45, 7) is 0. The number of nitrogens with one attached hydrogen (secondary N) is 1. The van der Waals surface area contributed by atoms with Crippen LogP contribution in [0.5, 0.6) is 0 Å². The van der Waals surface area contributed by atoms with E-state index in [4.69, 9.17) is 11.5 Å². The van der Waals surface area contributed by atoms with Gasteiger partial charge < -0.3 is 11.5 Å². The molecule has 0 aliphatic carbocycles. The lowest BCUT2D eigenvalue weighted by atomic mass is 10.2. The summed E-state index contributed by atoms with van der Waals surface area (Å²) < 4.78 is 1.33. The highest BCUT2D eigenvalue weighted by atomic mass is 32.2. The molecule has 0 saturated carbocycles. The number of carbonyl (C=O) groups is 1. The quantitative estimate of drug-likeness (QED) is 0.675. The molecule has 0 unspecified atom stereocenters. The minimum atomic E-state index is -0.632. The number of pyridine rings is 1. The van der Waals surface area contributed by atoms with Crippen LogP contribution in [0.15, 0.2) is 27.2 Å². The second-order valence-electron chi connectivity index (χ2n) is 3.45. The molecule has 8 nitrogen and oxygen atoms in total. The van der Waals surface area contributed by atoms with Gasteiger partial charge in [0.2, 0.25) is 0 Å². The molecule has 0 aliphatic heterocycles. The Labute approximate surface area is 105 Å². The number of hydrogen-bond acceptors (Lipinski definition) is 6. The van der Waals surface area contributed by atoms with Crippen molar-refractivity contribution in [3.05, 3.63) is 28.3 Å². The van der Waals surface area contributed by atoms with E-state index in [0.717, 1.165) is 11.8 Å². The van der Waals surface area contributed by atoms with E-state index in [-0.39, 0.29) is 16.9 Å². The van der Waals surface area contributed by atoms with Crippen molar-refractivity contribution >= 4 is 23.4 Å². The number of amides is 1. The standard InChI is InChI=1S/C9H10N6O2S/c1-15-8(17)13-14-9(15)18-6-2-4(7(11)16)5(10)3-12-6/h2-3H,10H2,1H3,(H2,11,16)(H,13,17). The Morgan fingerprint density at radius 2 is 2.28 bits per heavy atom. The van der Waals surface area contributed by atoms with Crippen molar-refractivity contribution in [1.82, 2.24) is 19.7 Å². The molecule has 0 fully saturated rings. The molecular formula is C9H10N6O2S. The van der Waals surface area contributed by atoms with Gasteiger partial charge in [0.15, 0.2) is 5.16 Å². The Morgan fingerprint density at radius 1 is 1.56 bits per heavy atom. The predicted molar refractivity (Wildman–Crippen MR) is 65.1 cm³/mol. The minimum Gasteiger partial charge on any atom is -0.397 e. The van der Waals surface area contributed by atoms with E-state index >= 15 is 0 Å². The van der Waals surface area contributed by atoms with Gasteiger partial charge in [-0.3, -0.25) is 9.36 Å². The highest BCUT2D eigenvalue weighted by Crippen LogP contribution is 2.24. The molecule has 0 radical (unpaired) electrons. The van der Waals surface area contributed by atoms with E-state index in [1.165, 1.54) is 16.8 Å². The van der Waals surface area contributed by atoms with Crippen LogP contribution in [0, 0.1) is 0 Å². The molecule has 0 atom stereocenters. The van der Waals surface area contributed by atoms with E-state index in [1.807, 2.05) is 0 Å². The second kappa shape index (κ2) is 4.53. The zero-order valence-electron chi connectivity index (χ0n) is 9.38. The first-order valence-electron chi connectivity index (χ1n) is 4.83. The number of aromatic nitrogens is 4. The third-order valence-corrected chi connectivity index (χ3v) is 3.19. The van der Waals surface area contributed by atoms with Gasteiger partial charge in [-0.15, -0.1) is 5.10 Å². The Bertz CT molecular complexity index is 661. The van der Waals surface area contributed by atoms with Crippen molar-refractivity contribution in [2.75, 3.05) is 5.73 Å². The molecule has 2 heterocycles. The SMILES string of the molecule is Cn1c(Sc2cc(C(N)=O)c(N)cn2)n[nH]c1=O. The first kappa shape index (κ1) is 12.2. The Kier molecular flexibility index (Phi) is 3.06. The number of carbonyl (C=O) groups excluding carboxylic acids is 1. The lowest BCUT2D eigenvalue weighted by Gasteiger charge is -2.04. The number of nitrogens with zero attached hydrogens (tertiary/aromatic N) is 3. The fourth-order valence-electron chi connectivity index (χ4n) is 1.23. The van der Waals surface area contributed by atoms with Gasteiger partial charge in [0.05, 0.1) is 17.4 Å². The highest BCUT2D eigenvalue weighted by molar-refractivity contribution is 7.99. The smallest absolute Gasteiger partial charge is 0.343 e. The summed E-state index contributed by atoms with van der Waals surface area (Å²) in [6.07, 6.45) is 1.34. The predicted octanol–water partition coefficient (Wildman–Crippen LogP) is -0.664. The van der Waals surface area contributed by atoms with Crippen molar-refractivity contribution < 1.29 is 4.79 Å². The summed E-state index contributed by atoms with van der Waals surface area (Å²) in [5.41, 5.74) is 10.8. The average Bonchev–Trinajstić information content (AvgIpc) is 2.63. The number of rotatable bonds is 3. The van der Waals surface area contributed by atoms with Crippen LogP contribution in [0.2, 0.25) is 0 Å². The maximum atomic E-state index is 11.2. The highest BCUT2D eigenvalue weighted by Gasteiger charge is 2.11. The van der Waals surface area contributed by atoms with Crippen molar-refractivity contribution in [3.63, 3.8) is 0 Å². The molecular weight excluding hydrogens is 256 g/mol. The summed E-state index contributed by atoms with van der Waals surface area (Å²) in [4.78, 5) is 26.3. The fraction of sp³-hybridized carbons (Fsp3) is 0.111. The van der Waals surface area contributed by atoms with E-state index in [0.29, 0.717) is 10.2 Å². The van der Waals surface area contributed by atoms with Crippen LogP contribution >= 0.6 is 11.8 Å². The van der Waals surface area contributed by atoms with Gasteiger partial charge in [0, 0.05) is 7.05 Å². The number of primary amides is 1. The van der Waals surface area contributed by atoms with Crippen LogP contribution in [-0.2, 0) is 7.05 Å². The van der Waals surface area contributed by atoms with E-state index in [2.05, 4.69) is 15.2 Å². The third-order valence-electron chi connectivity index (χ3n) is 2.21. The third kappa shape index (κ3) is 2.20. The van der Waals surface area contributed by atoms with Gasteiger partial charge in [-0.05, 0) is 17.8 Å². The first-order valence-corrected chi connectivity index (χ1v) is 5.65. The van der Waals surface area contributed by atoms with Crippen LogP contribution in [0.4, 0.5) is 5.69 Å². The van der Waals surface area contributed by atoms with Crippen LogP contribution in [-0.4, -0.2) is 25.7 Å². The summed E-state index contributed by atoms with van der Waals surface area (Å²) in [6, 6.07) is 1.46. The second-order valence-corrected chi connectivity index (χ2v) is 4.43. The molecule has 18 heavy (non-hydrogen) atoms. The monoisotopic (exact) mass is 266 g/mol. The van der Waals surface area contributed by atoms with E-state index < -0.39 is 5.91 Å². The summed E-state index contributed by atoms with van der Waals surface area (Å²) in [5.74, 6) is -0.632. The molecule has 0 aliphatic rings. The van der Waals surface area contributed by atoms with Gasteiger partial charge in [-0.25, -0.2) is 14.9 Å². The van der Waals surface area contributed by atoms with Gasteiger partial charge in [-0.1, -0.05) is 0 Å². The average molecular weight is 266 g/mol. The Hall–Kier alpha value is -2.29. The van der Waals surface area contributed by atoms with Gasteiger partial charge in [0.1, 0.15) is 5.03 Å². The molecule has 0 aromatic carbocycles. The zero-order chi connectivity index (χ0) is 13.3. The molecule has 0 bridgehead atoms. The minimum absolute atomic E-state index is 0.188. The van der Waals surface area contributed by atoms with Crippen LogP contribution in [0.1, 0.15) is 10.4 Å². The number of aromatic amines is 1. The van der Waals surface area contributed by atoms with Crippen LogP contribution in [0.25, 0.3) is 0 Å². The number of H-pyrrole nitrogens is 1. The molecule has 2 aromatic heterocycles. The number of nitrogen functional groups attached to an aromatic ring is 1. The van der Waals surface area contributed by atoms with Crippen molar-refractivity contribution in [3.8, 4) is 0 Å². The first-order chi connectivity index (χ1) is 8.49.